The minimum absolute atomic E-state index is 0.00652. The SMILES string of the molecule is NCC1CCC(C(=O)NC(CC2=CC=CC(=O)C2)C2=N[C@H](c3ccccc3)NN2)CC1. The number of hydrogen-bond donors (Lipinski definition) is 4. The number of nitrogens with two attached hydrogens (primary N) is 1. The molecule has 7 heteroatoms. The number of ketones is 1. The number of rotatable bonds is 7. The summed E-state index contributed by atoms with van der Waals surface area (Å²) in [5.41, 5.74) is 14.2. The zero-order valence-corrected chi connectivity index (χ0v) is 17.7. The van der Waals surface area contributed by atoms with E-state index >= 15 is 0 Å². The van der Waals surface area contributed by atoms with E-state index in [-0.39, 0.29) is 29.8 Å². The summed E-state index contributed by atoms with van der Waals surface area (Å²) in [5, 5.41) is 3.22. The summed E-state index contributed by atoms with van der Waals surface area (Å²) in [4.78, 5) is 29.7. The number of amides is 1. The van der Waals surface area contributed by atoms with Gasteiger partial charge in [-0.15, -0.1) is 0 Å². The molecule has 7 nitrogen and oxygen atoms in total. The van der Waals surface area contributed by atoms with E-state index in [1.165, 1.54) is 0 Å². The first kappa shape index (κ1) is 21.5. The van der Waals surface area contributed by atoms with Crippen LogP contribution in [0.1, 0.15) is 50.3 Å². The van der Waals surface area contributed by atoms with E-state index in [0.29, 0.717) is 31.1 Å². The van der Waals surface area contributed by atoms with Crippen LogP contribution >= 0.6 is 0 Å². The summed E-state index contributed by atoms with van der Waals surface area (Å²) in [5.74, 6) is 1.38. The van der Waals surface area contributed by atoms with Gasteiger partial charge in [-0.3, -0.25) is 9.59 Å². The van der Waals surface area contributed by atoms with Crippen molar-refractivity contribution in [2.24, 2.45) is 22.6 Å². The van der Waals surface area contributed by atoms with Crippen molar-refractivity contribution in [2.45, 2.75) is 50.7 Å². The molecule has 2 aliphatic carbocycles. The van der Waals surface area contributed by atoms with Gasteiger partial charge >= 0.3 is 0 Å². The maximum Gasteiger partial charge on any atom is 0.223 e. The number of amidine groups is 1. The summed E-state index contributed by atoms with van der Waals surface area (Å²) < 4.78 is 0. The quantitative estimate of drug-likeness (QED) is 0.540. The second kappa shape index (κ2) is 10.0. The molecule has 2 atom stereocenters. The molecule has 0 spiro atoms. The Labute approximate surface area is 183 Å². The minimum Gasteiger partial charge on any atom is -0.346 e. The van der Waals surface area contributed by atoms with Gasteiger partial charge in [-0.25, -0.2) is 10.4 Å². The van der Waals surface area contributed by atoms with Crippen molar-refractivity contribution in [3.63, 3.8) is 0 Å². The van der Waals surface area contributed by atoms with Gasteiger partial charge in [-0.2, -0.15) is 0 Å². The molecule has 5 N–H and O–H groups in total. The maximum atomic E-state index is 13.1. The first-order valence-electron chi connectivity index (χ1n) is 11.2. The van der Waals surface area contributed by atoms with Crippen LogP contribution in [0, 0.1) is 11.8 Å². The molecule has 1 aromatic rings. The number of hydrazine groups is 1. The van der Waals surface area contributed by atoms with Crippen LogP contribution < -0.4 is 21.9 Å². The molecule has 1 saturated carbocycles. The number of allylic oxidation sites excluding steroid dienone is 3. The van der Waals surface area contributed by atoms with E-state index < -0.39 is 0 Å². The summed E-state index contributed by atoms with van der Waals surface area (Å²) in [6.45, 7) is 0.694. The van der Waals surface area contributed by atoms with Gasteiger partial charge in [-0.05, 0) is 56.2 Å². The van der Waals surface area contributed by atoms with E-state index in [1.54, 1.807) is 12.2 Å². The Morgan fingerprint density at radius 2 is 1.97 bits per heavy atom. The van der Waals surface area contributed by atoms with Crippen molar-refractivity contribution >= 4 is 17.5 Å². The number of hydrogen-bond acceptors (Lipinski definition) is 6. The van der Waals surface area contributed by atoms with Crippen LogP contribution in [0.4, 0.5) is 0 Å². The molecular weight excluding hydrogens is 390 g/mol. The summed E-state index contributed by atoms with van der Waals surface area (Å²) in [6, 6.07) is 9.65. The topological polar surface area (TPSA) is 109 Å². The second-order valence-electron chi connectivity index (χ2n) is 8.64. The fraction of sp³-hybridized carbons (Fsp3) is 0.458. The first-order chi connectivity index (χ1) is 15.1. The molecule has 1 aromatic carbocycles. The second-order valence-corrected chi connectivity index (χ2v) is 8.64. The lowest BCUT2D eigenvalue weighted by Crippen LogP contribution is -2.49. The van der Waals surface area contributed by atoms with E-state index in [1.807, 2.05) is 36.4 Å². The molecule has 164 valence electrons. The van der Waals surface area contributed by atoms with Crippen LogP contribution in [0.2, 0.25) is 0 Å². The Morgan fingerprint density at radius 1 is 1.19 bits per heavy atom. The molecule has 0 aromatic heterocycles. The summed E-state index contributed by atoms with van der Waals surface area (Å²) in [6.07, 6.45) is 9.80. The van der Waals surface area contributed by atoms with Gasteiger partial charge in [0.05, 0.1) is 6.04 Å². The van der Waals surface area contributed by atoms with Crippen molar-refractivity contribution < 1.29 is 9.59 Å². The highest BCUT2D eigenvalue weighted by Gasteiger charge is 2.31. The standard InChI is InChI=1S/C24H31N5O2/c25-15-16-9-11-19(12-10-16)24(31)26-21(14-17-5-4-8-20(30)13-17)23-27-22(28-29-23)18-6-2-1-3-7-18/h1-8,16,19,21-22,28H,9-15,25H2,(H,26,31)(H,27,29)/t16?,19?,21?,22-/m0/s1. The molecule has 4 rings (SSSR count). The summed E-state index contributed by atoms with van der Waals surface area (Å²) in [7, 11) is 0. The normalized spacial score (nSPS) is 26.6. The molecule has 1 aliphatic heterocycles. The smallest absolute Gasteiger partial charge is 0.223 e. The van der Waals surface area contributed by atoms with Gasteiger partial charge in [0, 0.05) is 12.3 Å². The molecule has 0 saturated heterocycles. The van der Waals surface area contributed by atoms with Crippen molar-refractivity contribution in [1.29, 1.82) is 0 Å². The molecule has 0 bridgehead atoms. The molecule has 31 heavy (non-hydrogen) atoms. The number of aliphatic imine (C=N–C) groups is 1. The Morgan fingerprint density at radius 3 is 2.68 bits per heavy atom. The molecule has 1 heterocycles. The highest BCUT2D eigenvalue weighted by Crippen LogP contribution is 2.29. The highest BCUT2D eigenvalue weighted by molar-refractivity contribution is 5.95. The Kier molecular flexibility index (Phi) is 6.94. The molecule has 1 unspecified atom stereocenters. The van der Waals surface area contributed by atoms with Crippen molar-refractivity contribution in [2.75, 3.05) is 6.54 Å². The van der Waals surface area contributed by atoms with E-state index in [9.17, 15) is 9.59 Å². The third-order valence-corrected chi connectivity index (χ3v) is 6.40. The predicted molar refractivity (Wildman–Crippen MR) is 121 cm³/mol. The van der Waals surface area contributed by atoms with Crippen molar-refractivity contribution in [3.05, 3.63) is 59.7 Å². The monoisotopic (exact) mass is 421 g/mol. The highest BCUT2D eigenvalue weighted by atomic mass is 16.2. The third-order valence-electron chi connectivity index (χ3n) is 6.40. The number of benzene rings is 1. The number of nitrogens with one attached hydrogen (secondary N) is 3. The van der Waals surface area contributed by atoms with Gasteiger partial charge in [0.15, 0.2) is 5.78 Å². The van der Waals surface area contributed by atoms with Crippen LogP contribution in [0.5, 0.6) is 0 Å². The molecule has 1 fully saturated rings. The van der Waals surface area contributed by atoms with Gasteiger partial charge in [0.2, 0.25) is 5.91 Å². The van der Waals surface area contributed by atoms with E-state index in [2.05, 4.69) is 16.2 Å². The Balaban J connectivity index is 1.48. The largest absolute Gasteiger partial charge is 0.346 e. The zero-order chi connectivity index (χ0) is 21.6. The molecule has 1 amide bonds. The molecule has 3 aliphatic rings. The number of carbonyl (C=O) groups is 2. The predicted octanol–water partition coefficient (Wildman–Crippen LogP) is 2.29. The van der Waals surface area contributed by atoms with Gasteiger partial charge < -0.3 is 16.5 Å². The van der Waals surface area contributed by atoms with Crippen LogP contribution in [0.15, 0.2) is 59.1 Å². The third kappa shape index (κ3) is 5.48. The fourth-order valence-electron chi connectivity index (χ4n) is 4.52. The van der Waals surface area contributed by atoms with Crippen molar-refractivity contribution in [3.8, 4) is 0 Å². The van der Waals surface area contributed by atoms with Crippen LogP contribution in [0.25, 0.3) is 0 Å². The minimum atomic E-state index is -0.313. The number of carbonyl (C=O) groups excluding carboxylic acids is 2. The van der Waals surface area contributed by atoms with Gasteiger partial charge in [-0.1, -0.05) is 48.1 Å². The average molecular weight is 422 g/mol. The summed E-state index contributed by atoms with van der Waals surface area (Å²) >= 11 is 0. The maximum absolute atomic E-state index is 13.1. The van der Waals surface area contributed by atoms with Crippen molar-refractivity contribution in [1.82, 2.24) is 16.2 Å². The molecular formula is C24H31N5O2. The average Bonchev–Trinajstić information content (AvgIpc) is 3.30. The number of nitrogens with zero attached hydrogens (tertiary/aromatic N) is 1. The van der Waals surface area contributed by atoms with Crippen LogP contribution in [-0.2, 0) is 9.59 Å². The first-order valence-corrected chi connectivity index (χ1v) is 11.2. The Bertz CT molecular complexity index is 884. The van der Waals surface area contributed by atoms with E-state index in [0.717, 1.165) is 36.8 Å². The van der Waals surface area contributed by atoms with Crippen LogP contribution in [0.3, 0.4) is 0 Å². The lowest BCUT2D eigenvalue weighted by atomic mass is 9.81. The molecule has 0 radical (unpaired) electrons. The van der Waals surface area contributed by atoms with Gasteiger partial charge in [0.1, 0.15) is 12.0 Å². The van der Waals surface area contributed by atoms with E-state index in [4.69, 9.17) is 10.7 Å². The lowest BCUT2D eigenvalue weighted by molar-refractivity contribution is -0.126. The zero-order valence-electron chi connectivity index (χ0n) is 17.7. The Hall–Kier alpha value is -2.77. The fourth-order valence-corrected chi connectivity index (χ4v) is 4.52. The van der Waals surface area contributed by atoms with Gasteiger partial charge in [0.25, 0.3) is 0 Å². The van der Waals surface area contributed by atoms with Crippen LogP contribution in [-0.4, -0.2) is 30.1 Å². The lowest BCUT2D eigenvalue weighted by Gasteiger charge is -2.29.